The predicted molar refractivity (Wildman–Crippen MR) is 266 cm³/mol. The maximum absolute atomic E-state index is 16.1. The number of amides is 4. The predicted octanol–water partition coefficient (Wildman–Crippen LogP) is 8.39. The molecule has 4 N–H and O–H groups in total. The number of hydrogen-bond donors (Lipinski definition) is 5. The van der Waals surface area contributed by atoms with Gasteiger partial charge in [-0.05, 0) is 73.1 Å². The van der Waals surface area contributed by atoms with Crippen LogP contribution in [-0.2, 0) is 47.6 Å². The smallest absolute Gasteiger partial charge is 0.407 e. The first-order chi connectivity index (χ1) is 33.4. The molecular formula is C51H62F2N8O7S. The SMILES string of the molecule is C1CCOCC1.COC.C\C=C1/C(=C\C=C\c2ccc3nc(CN(CCC)C(=O)CNC(=O)OC)[nH]c3c2)c2ccc(-c3cnc(CN(CCS)C(=O)C(NC=O)c4ccccc4)[nH]3)cc2C1(F)F. The molecule has 3 aromatic carbocycles. The first-order valence-electron chi connectivity index (χ1n) is 22.8. The maximum atomic E-state index is 16.1. The number of methoxy groups -OCH3 is 2. The minimum Gasteiger partial charge on any atom is -0.453 e. The summed E-state index contributed by atoms with van der Waals surface area (Å²) >= 11 is 4.33. The molecule has 0 spiro atoms. The van der Waals surface area contributed by atoms with E-state index in [1.807, 2.05) is 37.3 Å². The van der Waals surface area contributed by atoms with E-state index < -0.39 is 18.1 Å². The first kappa shape index (κ1) is 53.3. The summed E-state index contributed by atoms with van der Waals surface area (Å²) in [6, 6.07) is 18.5. The highest BCUT2D eigenvalue weighted by Gasteiger charge is 2.46. The Balaban J connectivity index is 0.000000894. The van der Waals surface area contributed by atoms with Gasteiger partial charge in [0, 0.05) is 63.0 Å². The lowest BCUT2D eigenvalue weighted by molar-refractivity contribution is -0.135. The fourth-order valence-corrected chi connectivity index (χ4v) is 8.06. The van der Waals surface area contributed by atoms with Gasteiger partial charge in [0.1, 0.15) is 24.2 Å². The summed E-state index contributed by atoms with van der Waals surface area (Å²) in [5.41, 5.74) is 4.44. The van der Waals surface area contributed by atoms with Crippen LogP contribution in [0, 0.1) is 0 Å². The largest absolute Gasteiger partial charge is 0.453 e. The van der Waals surface area contributed by atoms with Crippen LogP contribution in [0.15, 0.2) is 96.7 Å². The Labute approximate surface area is 407 Å². The van der Waals surface area contributed by atoms with Gasteiger partial charge in [0.25, 0.3) is 5.92 Å². The van der Waals surface area contributed by atoms with Gasteiger partial charge < -0.3 is 44.6 Å². The summed E-state index contributed by atoms with van der Waals surface area (Å²) in [7, 11) is 4.48. The average Bonchev–Trinajstić information content (AvgIpc) is 4.06. The van der Waals surface area contributed by atoms with Gasteiger partial charge in [-0.2, -0.15) is 21.4 Å². The number of hydrogen-bond acceptors (Lipinski definition) is 10. The van der Waals surface area contributed by atoms with Crippen LogP contribution in [0.3, 0.4) is 0 Å². The zero-order valence-corrected chi connectivity index (χ0v) is 40.6. The summed E-state index contributed by atoms with van der Waals surface area (Å²) in [6.45, 7) is 6.40. The molecule has 0 saturated carbocycles. The van der Waals surface area contributed by atoms with E-state index in [1.54, 1.807) is 80.8 Å². The van der Waals surface area contributed by atoms with Crippen LogP contribution < -0.4 is 10.6 Å². The van der Waals surface area contributed by atoms with Gasteiger partial charge in [-0.3, -0.25) is 14.4 Å². The number of fused-ring (bicyclic) bond motifs is 2. The van der Waals surface area contributed by atoms with Crippen molar-refractivity contribution in [2.24, 2.45) is 0 Å². The highest BCUT2D eigenvalue weighted by molar-refractivity contribution is 7.80. The lowest BCUT2D eigenvalue weighted by atomic mass is 10.0. The molecule has 7 rings (SSSR count). The first-order valence-corrected chi connectivity index (χ1v) is 23.4. The second-order valence-corrected chi connectivity index (χ2v) is 16.5. The highest BCUT2D eigenvalue weighted by atomic mass is 32.1. The monoisotopic (exact) mass is 968 g/mol. The van der Waals surface area contributed by atoms with Crippen LogP contribution in [0.5, 0.6) is 0 Å². The number of nitrogens with zero attached hydrogens (tertiary/aromatic N) is 4. The summed E-state index contributed by atoms with van der Waals surface area (Å²) in [4.78, 5) is 67.9. The molecule has 3 heterocycles. The van der Waals surface area contributed by atoms with E-state index in [0.29, 0.717) is 70.3 Å². The normalized spacial score (nSPS) is 15.4. The van der Waals surface area contributed by atoms with E-state index >= 15 is 8.78 Å². The molecule has 1 aliphatic heterocycles. The van der Waals surface area contributed by atoms with Crippen LogP contribution in [-0.4, -0.2) is 114 Å². The van der Waals surface area contributed by atoms with E-state index in [0.717, 1.165) is 24.3 Å². The number of H-pyrrole nitrogens is 2. The van der Waals surface area contributed by atoms with Gasteiger partial charge >= 0.3 is 6.09 Å². The number of carbonyl (C=O) groups is 4. The number of rotatable bonds is 17. The standard InChI is InChI=1S/C44H46F2N8O5S.C5H10O.C2H6O/c1-4-18-53(40(56)24-48-43(58)59-3)26-39-50-35-17-14-28(21-36(35)51-39)10-9-13-31-32-16-15-30(22-34(32)44(45,46)33(31)5-2)37-23-47-38(52-37)25-54(19-20-60)42(57)41(49-27-55)29-11-7-6-8-12-29;1-2-4-6-5-3-1;1-3-2/h5-17,21-23,27,41,60H,4,18-20,24-26H2,1-3H3,(H,47,52)(H,48,58)(H,49,55)(H,50,51);1-5H2;1-2H3/b10-9+,31-13-,33-5+;;. The van der Waals surface area contributed by atoms with Gasteiger partial charge in [-0.1, -0.05) is 79.8 Å². The van der Waals surface area contributed by atoms with Gasteiger partial charge in [0.15, 0.2) is 0 Å². The number of nitrogens with one attached hydrogen (secondary N) is 4. The highest BCUT2D eigenvalue weighted by Crippen LogP contribution is 2.52. The molecule has 1 atom stereocenters. The van der Waals surface area contributed by atoms with E-state index in [4.69, 9.17) is 4.74 Å². The summed E-state index contributed by atoms with van der Waals surface area (Å²) in [5.74, 6) is -2.49. The lowest BCUT2D eigenvalue weighted by Gasteiger charge is -2.26. The third-order valence-electron chi connectivity index (χ3n) is 11.1. The Morgan fingerprint density at radius 1 is 0.957 bits per heavy atom. The number of alkyl carbamates (subject to hydrolysis) is 1. The summed E-state index contributed by atoms with van der Waals surface area (Å²) in [5, 5.41) is 5.02. The number of alkyl halides is 2. The Morgan fingerprint density at radius 2 is 1.70 bits per heavy atom. The van der Waals surface area contributed by atoms with Gasteiger partial charge in [0.2, 0.25) is 18.2 Å². The molecule has 1 aliphatic carbocycles. The number of aromatic amines is 2. The molecule has 69 heavy (non-hydrogen) atoms. The minimum atomic E-state index is -3.26. The molecule has 368 valence electrons. The fraction of sp³-hybridized carbons (Fsp3) is 0.373. The molecule has 0 radical (unpaired) electrons. The van der Waals surface area contributed by atoms with Crippen LogP contribution in [0.2, 0.25) is 0 Å². The van der Waals surface area contributed by atoms with Crippen molar-refractivity contribution in [2.45, 2.75) is 64.6 Å². The summed E-state index contributed by atoms with van der Waals surface area (Å²) < 4.78 is 46.0. The van der Waals surface area contributed by atoms with Gasteiger partial charge in [-0.15, -0.1) is 0 Å². The van der Waals surface area contributed by atoms with Crippen molar-refractivity contribution >= 4 is 59.6 Å². The topological polar surface area (TPSA) is 184 Å². The fourth-order valence-electron chi connectivity index (χ4n) is 7.82. The number of carbonyl (C=O) groups excluding carboxylic acids is 4. The number of allylic oxidation sites excluding steroid dienone is 5. The van der Waals surface area contributed by atoms with Crippen molar-refractivity contribution < 1.29 is 42.2 Å². The maximum Gasteiger partial charge on any atom is 0.407 e. The number of ether oxygens (including phenoxy) is 3. The average molecular weight is 969 g/mol. The molecule has 2 aromatic heterocycles. The van der Waals surface area contributed by atoms with Crippen molar-refractivity contribution in [1.82, 2.24) is 40.4 Å². The van der Waals surface area contributed by atoms with E-state index in [9.17, 15) is 19.2 Å². The van der Waals surface area contributed by atoms with Gasteiger partial charge in [-0.25, -0.2) is 14.8 Å². The van der Waals surface area contributed by atoms with Crippen LogP contribution in [0.1, 0.15) is 79.5 Å². The van der Waals surface area contributed by atoms with E-state index in [-0.39, 0.29) is 49.1 Å². The molecule has 1 fully saturated rings. The zero-order chi connectivity index (χ0) is 49.8. The second kappa shape index (κ2) is 26.8. The van der Waals surface area contributed by atoms with Crippen molar-refractivity contribution in [3.8, 4) is 11.3 Å². The van der Waals surface area contributed by atoms with Crippen LogP contribution in [0.25, 0.3) is 33.9 Å². The van der Waals surface area contributed by atoms with Crippen LogP contribution in [0.4, 0.5) is 13.6 Å². The third kappa shape index (κ3) is 14.4. The van der Waals surface area contributed by atoms with Crippen molar-refractivity contribution in [3.63, 3.8) is 0 Å². The number of aromatic nitrogens is 4. The van der Waals surface area contributed by atoms with E-state index in [2.05, 4.69) is 52.7 Å². The molecule has 5 aromatic rings. The number of halogens is 2. The van der Waals surface area contributed by atoms with Crippen molar-refractivity contribution in [2.75, 3.05) is 59.9 Å². The molecule has 1 unspecified atom stereocenters. The third-order valence-corrected chi connectivity index (χ3v) is 11.3. The molecule has 15 nitrogen and oxygen atoms in total. The second-order valence-electron chi connectivity index (χ2n) is 16.0. The zero-order valence-electron chi connectivity index (χ0n) is 39.7. The Hall–Kier alpha value is -6.63. The minimum absolute atomic E-state index is 0.0804. The Kier molecular flexibility index (Phi) is 20.7. The van der Waals surface area contributed by atoms with Gasteiger partial charge in [0.05, 0.1) is 43.1 Å². The van der Waals surface area contributed by atoms with Crippen molar-refractivity contribution in [3.05, 3.63) is 131 Å². The van der Waals surface area contributed by atoms with Crippen LogP contribution >= 0.6 is 12.6 Å². The summed E-state index contributed by atoms with van der Waals surface area (Å²) in [6.07, 6.45) is 12.7. The number of imidazole rings is 2. The molecular weight excluding hydrogens is 907 g/mol. The molecule has 1 saturated heterocycles. The quantitative estimate of drug-likeness (QED) is 0.0451. The molecule has 4 amide bonds. The molecule has 18 heteroatoms. The lowest BCUT2D eigenvalue weighted by Crippen LogP contribution is -2.41. The number of benzene rings is 3. The Bertz CT molecular complexity index is 2560. The van der Waals surface area contributed by atoms with E-state index in [1.165, 1.54) is 43.4 Å². The number of thiol groups is 1. The van der Waals surface area contributed by atoms with Crippen molar-refractivity contribution in [1.29, 1.82) is 0 Å². The molecule has 0 bridgehead atoms. The molecule has 2 aliphatic rings. The Morgan fingerprint density at radius 3 is 2.33 bits per heavy atom.